The van der Waals surface area contributed by atoms with Gasteiger partial charge in [0.2, 0.25) is 0 Å². The van der Waals surface area contributed by atoms with Crippen LogP contribution in [-0.4, -0.2) is 33.1 Å². The molecule has 3 N–H and O–H groups in total. The third kappa shape index (κ3) is 8.51. The van der Waals surface area contributed by atoms with Gasteiger partial charge < -0.3 is 4.90 Å². The van der Waals surface area contributed by atoms with E-state index in [2.05, 4.69) is 72.7 Å². The van der Waals surface area contributed by atoms with E-state index in [0.29, 0.717) is 0 Å². The zero-order chi connectivity index (χ0) is 17.9. The third-order valence-electron chi connectivity index (χ3n) is 2.86. The summed E-state index contributed by atoms with van der Waals surface area (Å²) in [5.41, 5.74) is 3.73. The number of halogens is 1. The van der Waals surface area contributed by atoms with Gasteiger partial charge in [-0.1, -0.05) is 41.5 Å². The molecule has 0 spiro atoms. The summed E-state index contributed by atoms with van der Waals surface area (Å²) in [6, 6.07) is 4.38. The van der Waals surface area contributed by atoms with Crippen molar-refractivity contribution in [3.05, 3.63) is 23.5 Å². The Hall–Kier alpha value is -0.920. The summed E-state index contributed by atoms with van der Waals surface area (Å²) < 4.78 is 30.2. The van der Waals surface area contributed by atoms with E-state index in [1.165, 1.54) is 5.69 Å². The Kier molecular flexibility index (Phi) is 6.81. The summed E-state index contributed by atoms with van der Waals surface area (Å²) in [6.45, 7) is 13.3. The second kappa shape index (κ2) is 7.10. The molecule has 0 atom stereocenters. The van der Waals surface area contributed by atoms with Crippen molar-refractivity contribution in [1.29, 1.82) is 0 Å². The standard InChI is InChI=1S/C15H26N2.ClH3O4/c1-14(2,3)12-9-11(17(7)8)10-13(16-12)15(4,5)6;2-1(3,4)5/h9-10H,1-8H3;2-4H. The molecule has 0 unspecified atom stereocenters. The molecule has 1 aromatic rings. The summed E-state index contributed by atoms with van der Waals surface area (Å²) >= 11 is 0. The number of aromatic nitrogens is 1. The van der Waals surface area contributed by atoms with Crippen LogP contribution in [0.2, 0.25) is 0 Å². The first-order valence-corrected chi connectivity index (χ1v) is 8.20. The van der Waals surface area contributed by atoms with E-state index in [9.17, 15) is 0 Å². The second-order valence-electron chi connectivity index (χ2n) is 7.42. The maximum absolute atomic E-state index is 8.83. The van der Waals surface area contributed by atoms with Gasteiger partial charge in [-0.2, -0.15) is 0 Å². The molecule has 7 heteroatoms. The molecule has 0 saturated carbocycles. The van der Waals surface area contributed by atoms with Crippen LogP contribution >= 0.6 is 0 Å². The monoisotopic (exact) mass is 336 g/mol. The van der Waals surface area contributed by atoms with Crippen LogP contribution in [0.3, 0.4) is 0 Å². The number of nitrogens with zero attached hydrogens (tertiary/aromatic N) is 2. The third-order valence-corrected chi connectivity index (χ3v) is 2.86. The number of hydrogen-bond acceptors (Lipinski definition) is 6. The Bertz CT molecular complexity index is 448. The van der Waals surface area contributed by atoms with Crippen molar-refractivity contribution >= 4 is 5.69 Å². The van der Waals surface area contributed by atoms with E-state index in [-0.39, 0.29) is 10.8 Å². The normalized spacial score (nSPS) is 13.3. The molecule has 0 bridgehead atoms. The molecule has 0 aliphatic heterocycles. The van der Waals surface area contributed by atoms with Crippen molar-refractivity contribution in [2.75, 3.05) is 19.0 Å². The minimum atomic E-state index is -4.19. The first-order valence-electron chi connectivity index (χ1n) is 6.88. The van der Waals surface area contributed by atoms with Crippen LogP contribution in [0.1, 0.15) is 52.9 Å². The molecular formula is C15H29ClN2O4. The van der Waals surface area contributed by atoms with Crippen molar-refractivity contribution in [1.82, 2.24) is 4.98 Å². The molecule has 1 rings (SSSR count). The van der Waals surface area contributed by atoms with Gasteiger partial charge in [-0.05, 0) is 12.1 Å². The molecule has 0 radical (unpaired) electrons. The van der Waals surface area contributed by atoms with Crippen LogP contribution in [0.25, 0.3) is 0 Å². The van der Waals surface area contributed by atoms with Crippen LogP contribution in [0.5, 0.6) is 0 Å². The fraction of sp³-hybridized carbons (Fsp3) is 0.667. The Balaban J connectivity index is 0.000000763. The van der Waals surface area contributed by atoms with E-state index in [1.54, 1.807) is 0 Å². The molecule has 0 aliphatic rings. The van der Waals surface area contributed by atoms with Crippen molar-refractivity contribution in [3.8, 4) is 0 Å². The summed E-state index contributed by atoms with van der Waals surface area (Å²) in [7, 11) is -0.0393. The molecule has 0 amide bonds. The average Bonchev–Trinajstić information content (AvgIpc) is 2.23. The average molecular weight is 337 g/mol. The molecule has 130 valence electrons. The molecule has 0 fully saturated rings. The summed E-state index contributed by atoms with van der Waals surface area (Å²) in [6.07, 6.45) is 0. The van der Waals surface area contributed by atoms with Crippen molar-refractivity contribution < 1.29 is 28.9 Å². The van der Waals surface area contributed by atoms with Gasteiger partial charge in [0.05, 0.1) is 0 Å². The van der Waals surface area contributed by atoms with Crippen LogP contribution in [0.4, 0.5) is 5.69 Å². The Labute approximate surface area is 135 Å². The Morgan fingerprint density at radius 1 is 0.909 bits per heavy atom. The van der Waals surface area contributed by atoms with E-state index in [0.717, 1.165) is 11.4 Å². The molecule has 1 heterocycles. The SMILES string of the molecule is CN(C)c1cc(C(C)(C)C)nc(C(C)(C)C)c1.[O-][Cl+](O)(O)O. The van der Waals surface area contributed by atoms with E-state index in [1.807, 2.05) is 0 Å². The number of hydrogen-bond donors (Lipinski definition) is 3. The molecule has 6 nitrogen and oxygen atoms in total. The first-order chi connectivity index (χ1) is 9.51. The van der Waals surface area contributed by atoms with E-state index >= 15 is 0 Å². The molecule has 22 heavy (non-hydrogen) atoms. The topological polar surface area (TPSA) is 99.9 Å². The van der Waals surface area contributed by atoms with Gasteiger partial charge in [0, 0.05) is 42.0 Å². The molecule has 0 aromatic carbocycles. The zero-order valence-electron chi connectivity index (χ0n) is 14.7. The molecule has 0 saturated heterocycles. The maximum atomic E-state index is 8.83. The van der Waals surface area contributed by atoms with Crippen LogP contribution in [0.15, 0.2) is 12.1 Å². The Morgan fingerprint density at radius 2 is 1.18 bits per heavy atom. The van der Waals surface area contributed by atoms with Gasteiger partial charge in [0.1, 0.15) is 0 Å². The van der Waals surface area contributed by atoms with Gasteiger partial charge in [-0.3, -0.25) is 4.98 Å². The fourth-order valence-corrected chi connectivity index (χ4v) is 1.54. The van der Waals surface area contributed by atoms with Crippen LogP contribution < -0.4 is 9.56 Å². The van der Waals surface area contributed by atoms with Crippen molar-refractivity contribution in [3.63, 3.8) is 0 Å². The van der Waals surface area contributed by atoms with E-state index in [4.69, 9.17) is 23.6 Å². The first kappa shape index (κ1) is 21.1. The number of anilines is 1. The number of rotatable bonds is 1. The predicted octanol–water partition coefficient (Wildman–Crippen LogP) is 0.883. The zero-order valence-corrected chi connectivity index (χ0v) is 15.4. The van der Waals surface area contributed by atoms with Gasteiger partial charge in [0.15, 0.2) is 0 Å². The van der Waals surface area contributed by atoms with Crippen molar-refractivity contribution in [2.24, 2.45) is 0 Å². The molecule has 0 aliphatic carbocycles. The van der Waals surface area contributed by atoms with Gasteiger partial charge >= 0.3 is 28.9 Å². The molecule has 1 aromatic heterocycles. The Morgan fingerprint density at radius 3 is 1.36 bits per heavy atom. The predicted molar refractivity (Wildman–Crippen MR) is 82.6 cm³/mol. The van der Waals surface area contributed by atoms with Gasteiger partial charge in [-0.25, -0.2) is 0 Å². The second-order valence-corrected chi connectivity index (χ2v) is 8.29. The van der Waals surface area contributed by atoms with Crippen molar-refractivity contribution in [2.45, 2.75) is 52.4 Å². The molecular weight excluding hydrogens is 308 g/mol. The van der Waals surface area contributed by atoms with Crippen LogP contribution in [0, 0.1) is 10.2 Å². The number of pyridine rings is 1. The van der Waals surface area contributed by atoms with Gasteiger partial charge in [-0.15, -0.1) is 0 Å². The van der Waals surface area contributed by atoms with E-state index < -0.39 is 10.2 Å². The minimum absolute atomic E-state index is 0.0893. The van der Waals surface area contributed by atoms with Crippen LogP contribution in [-0.2, 0) is 10.8 Å². The summed E-state index contributed by atoms with van der Waals surface area (Å²) in [5.74, 6) is 0. The van der Waals surface area contributed by atoms with Gasteiger partial charge in [0.25, 0.3) is 0 Å². The quantitative estimate of drug-likeness (QED) is 0.704. The summed E-state index contributed by atoms with van der Waals surface area (Å²) in [4.78, 5) is 6.98. The fourth-order valence-electron chi connectivity index (χ4n) is 1.54. The summed E-state index contributed by atoms with van der Waals surface area (Å²) in [5, 5.41) is 0.